The first-order valence-electron chi connectivity index (χ1n) is 7.70. The molecular formula is C20H11Cl2IN2O2. The molecule has 0 saturated carbocycles. The number of amides is 1. The number of hydrogen-bond acceptors (Lipinski definition) is 3. The number of anilines is 1. The molecule has 0 unspecified atom stereocenters. The van der Waals surface area contributed by atoms with Gasteiger partial charge in [0.1, 0.15) is 23.2 Å². The molecule has 134 valence electrons. The van der Waals surface area contributed by atoms with E-state index >= 15 is 0 Å². The molecule has 0 spiro atoms. The zero-order chi connectivity index (χ0) is 19.4. The number of nitrogens with zero attached hydrogens (tertiary/aromatic N) is 1. The van der Waals surface area contributed by atoms with Crippen molar-refractivity contribution in [1.82, 2.24) is 0 Å². The summed E-state index contributed by atoms with van der Waals surface area (Å²) in [7, 11) is 0. The van der Waals surface area contributed by atoms with Crippen LogP contribution in [0.3, 0.4) is 0 Å². The number of carbonyl (C=O) groups is 1. The summed E-state index contributed by atoms with van der Waals surface area (Å²) >= 11 is 14.1. The SMILES string of the molecule is N#C/C(=C\c1ccc(-c2ccc(Cl)c(Cl)c2)o1)C(=O)Nc1cccc(I)c1. The van der Waals surface area contributed by atoms with Crippen molar-refractivity contribution >= 4 is 63.5 Å². The van der Waals surface area contributed by atoms with Crippen LogP contribution in [0.25, 0.3) is 17.4 Å². The van der Waals surface area contributed by atoms with E-state index in [4.69, 9.17) is 27.6 Å². The Morgan fingerprint density at radius 3 is 2.63 bits per heavy atom. The molecule has 1 N–H and O–H groups in total. The first-order valence-corrected chi connectivity index (χ1v) is 9.54. The second-order valence-corrected chi connectivity index (χ2v) is 7.53. The third-order valence-corrected chi connectivity index (χ3v) is 4.98. The number of benzene rings is 2. The normalized spacial score (nSPS) is 11.1. The Morgan fingerprint density at radius 1 is 1.11 bits per heavy atom. The van der Waals surface area contributed by atoms with Gasteiger partial charge in [-0.05, 0) is 71.1 Å². The van der Waals surface area contributed by atoms with E-state index in [2.05, 4.69) is 27.9 Å². The molecule has 0 atom stereocenters. The number of nitrogens with one attached hydrogen (secondary N) is 1. The highest BCUT2D eigenvalue weighted by Gasteiger charge is 2.12. The highest BCUT2D eigenvalue weighted by Crippen LogP contribution is 2.30. The van der Waals surface area contributed by atoms with Gasteiger partial charge < -0.3 is 9.73 Å². The third kappa shape index (κ3) is 4.92. The molecule has 0 radical (unpaired) electrons. The van der Waals surface area contributed by atoms with Gasteiger partial charge in [0.05, 0.1) is 10.0 Å². The Balaban J connectivity index is 1.82. The monoisotopic (exact) mass is 508 g/mol. The predicted octanol–water partition coefficient (Wildman–Crippen LogP) is 6.40. The summed E-state index contributed by atoms with van der Waals surface area (Å²) in [6, 6.07) is 17.7. The van der Waals surface area contributed by atoms with Crippen molar-refractivity contribution in [3.05, 3.63) is 79.5 Å². The highest BCUT2D eigenvalue weighted by atomic mass is 127. The molecule has 0 aliphatic rings. The number of nitriles is 1. The Hall–Kier alpha value is -2.27. The molecule has 2 aromatic carbocycles. The third-order valence-electron chi connectivity index (χ3n) is 3.57. The largest absolute Gasteiger partial charge is 0.457 e. The molecule has 7 heteroatoms. The molecule has 1 amide bonds. The van der Waals surface area contributed by atoms with Crippen molar-refractivity contribution < 1.29 is 9.21 Å². The van der Waals surface area contributed by atoms with Gasteiger partial charge in [0.2, 0.25) is 0 Å². The summed E-state index contributed by atoms with van der Waals surface area (Å²) in [5, 5.41) is 12.9. The van der Waals surface area contributed by atoms with E-state index in [1.807, 2.05) is 24.3 Å². The fraction of sp³-hybridized carbons (Fsp3) is 0. The lowest BCUT2D eigenvalue weighted by atomic mass is 10.2. The maximum Gasteiger partial charge on any atom is 0.266 e. The Labute approximate surface area is 179 Å². The molecule has 0 saturated heterocycles. The van der Waals surface area contributed by atoms with Crippen molar-refractivity contribution in [1.29, 1.82) is 5.26 Å². The second kappa shape index (κ2) is 8.61. The molecule has 0 aliphatic carbocycles. The first kappa shape index (κ1) is 19.5. The van der Waals surface area contributed by atoms with Crippen LogP contribution in [0, 0.1) is 14.9 Å². The second-order valence-electron chi connectivity index (χ2n) is 5.47. The van der Waals surface area contributed by atoms with Crippen LogP contribution in [0.15, 0.2) is 64.6 Å². The lowest BCUT2D eigenvalue weighted by Gasteiger charge is -2.04. The van der Waals surface area contributed by atoms with Gasteiger partial charge in [-0.2, -0.15) is 5.26 Å². The van der Waals surface area contributed by atoms with E-state index in [9.17, 15) is 10.1 Å². The molecule has 0 bridgehead atoms. The molecule has 4 nitrogen and oxygen atoms in total. The van der Waals surface area contributed by atoms with Crippen molar-refractivity contribution in [3.8, 4) is 17.4 Å². The van der Waals surface area contributed by atoms with E-state index in [-0.39, 0.29) is 5.57 Å². The molecular weight excluding hydrogens is 498 g/mol. The summed E-state index contributed by atoms with van der Waals surface area (Å²) in [4.78, 5) is 12.3. The lowest BCUT2D eigenvalue weighted by molar-refractivity contribution is -0.112. The topological polar surface area (TPSA) is 66.0 Å². The molecule has 1 aromatic heterocycles. The van der Waals surface area contributed by atoms with Crippen LogP contribution in [0.4, 0.5) is 5.69 Å². The van der Waals surface area contributed by atoms with E-state index in [1.54, 1.807) is 36.4 Å². The van der Waals surface area contributed by atoms with E-state index in [0.717, 1.165) is 9.13 Å². The number of furan rings is 1. The van der Waals surface area contributed by atoms with Crippen LogP contribution >= 0.6 is 45.8 Å². The van der Waals surface area contributed by atoms with Gasteiger partial charge in [-0.3, -0.25) is 4.79 Å². The quantitative estimate of drug-likeness (QED) is 0.252. The Kier molecular flexibility index (Phi) is 6.22. The van der Waals surface area contributed by atoms with Gasteiger partial charge in [-0.1, -0.05) is 29.3 Å². The summed E-state index contributed by atoms with van der Waals surface area (Å²) in [6.45, 7) is 0. The molecule has 3 aromatic rings. The molecule has 27 heavy (non-hydrogen) atoms. The van der Waals surface area contributed by atoms with Crippen molar-refractivity contribution in [2.45, 2.75) is 0 Å². The Bertz CT molecular complexity index is 1080. The zero-order valence-corrected chi connectivity index (χ0v) is 17.3. The summed E-state index contributed by atoms with van der Waals surface area (Å²) < 4.78 is 6.68. The maximum atomic E-state index is 12.3. The van der Waals surface area contributed by atoms with Gasteiger partial charge in [0, 0.05) is 20.9 Å². The van der Waals surface area contributed by atoms with E-state index in [1.165, 1.54) is 6.08 Å². The molecule has 3 rings (SSSR count). The van der Waals surface area contributed by atoms with Crippen LogP contribution < -0.4 is 5.32 Å². The standard InChI is InChI=1S/C20H11Cl2IN2O2/c21-17-6-4-12(9-18(17)22)19-7-5-16(27-19)8-13(11-24)20(26)25-15-3-1-2-14(23)10-15/h1-10H,(H,25,26)/b13-8+. The minimum absolute atomic E-state index is 0.0658. The molecule has 1 heterocycles. The van der Waals surface area contributed by atoms with Crippen molar-refractivity contribution in [2.24, 2.45) is 0 Å². The summed E-state index contributed by atoms with van der Waals surface area (Å²) in [5.41, 5.74) is 1.29. The van der Waals surface area contributed by atoms with Crippen molar-refractivity contribution in [3.63, 3.8) is 0 Å². The number of hydrogen-bond donors (Lipinski definition) is 1. The van der Waals surface area contributed by atoms with Crippen LogP contribution in [-0.4, -0.2) is 5.91 Å². The van der Waals surface area contributed by atoms with Gasteiger partial charge >= 0.3 is 0 Å². The van der Waals surface area contributed by atoms with Crippen LogP contribution in [0.2, 0.25) is 10.0 Å². The van der Waals surface area contributed by atoms with Gasteiger partial charge in [-0.15, -0.1) is 0 Å². The number of halogens is 3. The minimum atomic E-state index is -0.507. The average Bonchev–Trinajstić information content (AvgIpc) is 3.10. The minimum Gasteiger partial charge on any atom is -0.457 e. The summed E-state index contributed by atoms with van der Waals surface area (Å²) in [5.74, 6) is 0.424. The number of rotatable bonds is 4. The smallest absolute Gasteiger partial charge is 0.266 e. The average molecular weight is 509 g/mol. The van der Waals surface area contributed by atoms with Gasteiger partial charge in [0.25, 0.3) is 5.91 Å². The maximum absolute atomic E-state index is 12.3. The van der Waals surface area contributed by atoms with Gasteiger partial charge in [-0.25, -0.2) is 0 Å². The molecule has 0 aliphatic heterocycles. The fourth-order valence-corrected chi connectivity index (χ4v) is 3.13. The van der Waals surface area contributed by atoms with E-state index in [0.29, 0.717) is 27.3 Å². The Morgan fingerprint density at radius 2 is 1.93 bits per heavy atom. The van der Waals surface area contributed by atoms with Crippen molar-refractivity contribution in [2.75, 3.05) is 5.32 Å². The molecule has 0 fully saturated rings. The van der Waals surface area contributed by atoms with E-state index < -0.39 is 5.91 Å². The highest BCUT2D eigenvalue weighted by molar-refractivity contribution is 14.1. The van der Waals surface area contributed by atoms with Crippen LogP contribution in [0.1, 0.15) is 5.76 Å². The first-order chi connectivity index (χ1) is 13.0. The predicted molar refractivity (Wildman–Crippen MR) is 116 cm³/mol. The van der Waals surface area contributed by atoms with Gasteiger partial charge in [0.15, 0.2) is 0 Å². The fourth-order valence-electron chi connectivity index (χ4n) is 2.29. The number of carbonyl (C=O) groups excluding carboxylic acids is 1. The summed E-state index contributed by atoms with van der Waals surface area (Å²) in [6.07, 6.45) is 1.39. The van der Waals surface area contributed by atoms with Crippen LogP contribution in [-0.2, 0) is 4.79 Å². The lowest BCUT2D eigenvalue weighted by Crippen LogP contribution is -2.13. The van der Waals surface area contributed by atoms with Crippen LogP contribution in [0.5, 0.6) is 0 Å². The zero-order valence-electron chi connectivity index (χ0n) is 13.7.